The van der Waals surface area contributed by atoms with Crippen molar-refractivity contribution in [3.05, 3.63) is 36.5 Å². The molecule has 0 heterocycles. The molecule has 0 aromatic carbocycles. The molecule has 0 aromatic heterocycles. The van der Waals surface area contributed by atoms with Crippen molar-refractivity contribution >= 4 is 17.9 Å². The third kappa shape index (κ3) is 35.7. The number of esters is 2. The molecule has 0 rings (SSSR count). The van der Waals surface area contributed by atoms with Crippen molar-refractivity contribution in [3.8, 4) is 0 Å². The van der Waals surface area contributed by atoms with Crippen LogP contribution in [0.25, 0.3) is 0 Å². The van der Waals surface area contributed by atoms with Crippen LogP contribution in [0.3, 0.4) is 0 Å². The predicted octanol–water partition coefficient (Wildman–Crippen LogP) is 9.88. The molecule has 0 aromatic rings. The summed E-state index contributed by atoms with van der Waals surface area (Å²) in [4.78, 5) is 36.9. The van der Waals surface area contributed by atoms with Crippen molar-refractivity contribution in [2.45, 2.75) is 167 Å². The molecular weight excluding hydrogens is 646 g/mol. The van der Waals surface area contributed by atoms with Crippen molar-refractivity contribution in [2.24, 2.45) is 0 Å². The van der Waals surface area contributed by atoms with Gasteiger partial charge in [-0.05, 0) is 64.2 Å². The van der Waals surface area contributed by atoms with Gasteiger partial charge in [0.05, 0.1) is 34.4 Å². The first-order valence-corrected chi connectivity index (χ1v) is 20.2. The summed E-state index contributed by atoms with van der Waals surface area (Å²) in [6, 6.07) is 0. The van der Waals surface area contributed by atoms with E-state index < -0.39 is 24.3 Å². The summed E-state index contributed by atoms with van der Waals surface area (Å²) in [5.74, 6) is -2.05. The molecular formula is C42H76NO8+. The van der Waals surface area contributed by atoms with Crippen LogP contribution in [0.5, 0.6) is 0 Å². The third-order valence-electron chi connectivity index (χ3n) is 8.35. The Morgan fingerprint density at radius 3 is 1.65 bits per heavy atom. The number of carboxylic acid groups (broad SMARTS) is 1. The highest BCUT2D eigenvalue weighted by Gasteiger charge is 2.25. The largest absolute Gasteiger partial charge is 0.477 e. The van der Waals surface area contributed by atoms with Gasteiger partial charge in [0.15, 0.2) is 6.10 Å². The van der Waals surface area contributed by atoms with Crippen LogP contribution in [-0.4, -0.2) is 87.4 Å². The van der Waals surface area contributed by atoms with E-state index in [0.29, 0.717) is 17.4 Å². The fourth-order valence-corrected chi connectivity index (χ4v) is 5.16. The Morgan fingerprint density at radius 2 is 1.10 bits per heavy atom. The summed E-state index contributed by atoms with van der Waals surface area (Å²) in [6.45, 7) is 4.74. The maximum absolute atomic E-state index is 12.7. The minimum atomic E-state index is -1.51. The quantitative estimate of drug-likeness (QED) is 0.0224. The molecule has 2 unspecified atom stereocenters. The fourth-order valence-electron chi connectivity index (χ4n) is 5.16. The van der Waals surface area contributed by atoms with Crippen molar-refractivity contribution in [3.63, 3.8) is 0 Å². The summed E-state index contributed by atoms with van der Waals surface area (Å²) in [5.41, 5.74) is 0. The Hall–Kier alpha value is -2.49. The number of nitrogens with zero attached hydrogens (tertiary/aromatic N) is 1. The second-order valence-electron chi connectivity index (χ2n) is 14.6. The number of carbonyl (C=O) groups is 3. The molecule has 0 amide bonds. The van der Waals surface area contributed by atoms with Gasteiger partial charge in [-0.3, -0.25) is 9.59 Å². The average molecular weight is 723 g/mol. The molecule has 0 radical (unpaired) electrons. The fraction of sp³-hybridized carbons (Fsp3) is 0.786. The van der Waals surface area contributed by atoms with Gasteiger partial charge >= 0.3 is 17.9 Å². The zero-order valence-electron chi connectivity index (χ0n) is 33.3. The van der Waals surface area contributed by atoms with E-state index in [0.717, 1.165) is 83.5 Å². The Kier molecular flexibility index (Phi) is 32.9. The number of hydrogen-bond donors (Lipinski definition) is 1. The number of unbranched alkanes of at least 4 members (excludes halogenated alkanes) is 15. The van der Waals surface area contributed by atoms with Crippen LogP contribution in [-0.2, 0) is 33.3 Å². The molecule has 0 fully saturated rings. The lowest BCUT2D eigenvalue weighted by molar-refractivity contribution is -0.870. The maximum atomic E-state index is 12.7. The van der Waals surface area contributed by atoms with E-state index in [9.17, 15) is 19.5 Å². The first-order chi connectivity index (χ1) is 24.6. The summed E-state index contributed by atoms with van der Waals surface area (Å²) in [7, 11) is 5.93. The van der Waals surface area contributed by atoms with Crippen LogP contribution in [0.1, 0.15) is 155 Å². The standard InChI is InChI=1S/C42H75NO8/c1-6-8-10-12-14-16-18-19-20-21-22-23-25-27-29-31-33-40(45)51-38(37-50-42(41(46)47)48-35-34-43(3,4)5)36-49-39(44)32-30-28-26-24-17-15-13-11-9-7-2/h11,13,16,18,20-21,38,42H,6-10,12,14-15,17,19,22-37H2,1-5H3/p+1/b13-11-,18-16-,21-20-. The van der Waals surface area contributed by atoms with Gasteiger partial charge in [-0.25, -0.2) is 4.79 Å². The normalized spacial score (nSPS) is 13.4. The third-order valence-corrected chi connectivity index (χ3v) is 8.35. The molecule has 0 saturated heterocycles. The highest BCUT2D eigenvalue weighted by atomic mass is 16.7. The van der Waals surface area contributed by atoms with Gasteiger partial charge in [-0.1, -0.05) is 115 Å². The van der Waals surface area contributed by atoms with Gasteiger partial charge < -0.3 is 28.5 Å². The second-order valence-corrected chi connectivity index (χ2v) is 14.6. The van der Waals surface area contributed by atoms with Crippen molar-refractivity contribution in [2.75, 3.05) is 47.5 Å². The van der Waals surface area contributed by atoms with Crippen LogP contribution in [0.4, 0.5) is 0 Å². The summed E-state index contributed by atoms with van der Waals surface area (Å²) >= 11 is 0. The Morgan fingerprint density at radius 1 is 0.588 bits per heavy atom. The molecule has 0 aliphatic heterocycles. The molecule has 0 aliphatic rings. The predicted molar refractivity (Wildman–Crippen MR) is 207 cm³/mol. The van der Waals surface area contributed by atoms with E-state index in [1.54, 1.807) is 0 Å². The van der Waals surface area contributed by atoms with E-state index in [-0.39, 0.29) is 38.6 Å². The number of allylic oxidation sites excluding steroid dienone is 6. The van der Waals surface area contributed by atoms with E-state index in [2.05, 4.69) is 50.3 Å². The summed E-state index contributed by atoms with van der Waals surface area (Å²) in [5, 5.41) is 9.59. The number of aliphatic carboxylic acids is 1. The molecule has 0 saturated carbocycles. The van der Waals surface area contributed by atoms with Crippen molar-refractivity contribution in [1.82, 2.24) is 0 Å². The number of rotatable bonds is 36. The minimum absolute atomic E-state index is 0.183. The lowest BCUT2D eigenvalue weighted by Gasteiger charge is -2.25. The van der Waals surface area contributed by atoms with Crippen LogP contribution in [0.2, 0.25) is 0 Å². The second kappa shape index (κ2) is 34.6. The number of likely N-dealkylation sites (N-methyl/N-ethyl adjacent to an activating group) is 1. The molecule has 51 heavy (non-hydrogen) atoms. The van der Waals surface area contributed by atoms with Crippen LogP contribution >= 0.6 is 0 Å². The maximum Gasteiger partial charge on any atom is 0.361 e. The summed E-state index contributed by atoms with van der Waals surface area (Å²) in [6.07, 6.45) is 33.5. The van der Waals surface area contributed by atoms with Crippen molar-refractivity contribution < 1.29 is 42.9 Å². The molecule has 1 N–H and O–H groups in total. The number of hydrogen-bond acceptors (Lipinski definition) is 7. The molecule has 9 heteroatoms. The van der Waals surface area contributed by atoms with Gasteiger partial charge in [0.25, 0.3) is 6.29 Å². The van der Waals surface area contributed by atoms with Crippen LogP contribution < -0.4 is 0 Å². The van der Waals surface area contributed by atoms with E-state index in [4.69, 9.17) is 18.9 Å². The van der Waals surface area contributed by atoms with Gasteiger partial charge in [0.1, 0.15) is 13.2 Å². The molecule has 9 nitrogen and oxygen atoms in total. The number of carboxylic acids is 1. The molecule has 0 spiro atoms. The van der Waals surface area contributed by atoms with Crippen molar-refractivity contribution in [1.29, 1.82) is 0 Å². The lowest BCUT2D eigenvalue weighted by atomic mass is 10.1. The van der Waals surface area contributed by atoms with Gasteiger partial charge in [-0.2, -0.15) is 0 Å². The Balaban J connectivity index is 4.53. The lowest BCUT2D eigenvalue weighted by Crippen LogP contribution is -2.40. The minimum Gasteiger partial charge on any atom is -0.477 e. The zero-order valence-corrected chi connectivity index (χ0v) is 33.3. The Labute approximate surface area is 311 Å². The molecule has 296 valence electrons. The Bertz CT molecular complexity index is 940. The van der Waals surface area contributed by atoms with Gasteiger partial charge in [0.2, 0.25) is 0 Å². The highest BCUT2D eigenvalue weighted by molar-refractivity contribution is 5.71. The SMILES string of the molecule is CCC/C=C\CCCCCCCC(=O)OCC(COC(OCC[N+](C)(C)C)C(=O)O)OC(=O)CCCCCCC/C=C\C/C=C\CCCCCC. The number of quaternary nitrogens is 1. The highest BCUT2D eigenvalue weighted by Crippen LogP contribution is 2.12. The van der Waals surface area contributed by atoms with Gasteiger partial charge in [-0.15, -0.1) is 0 Å². The first kappa shape index (κ1) is 48.5. The van der Waals surface area contributed by atoms with Gasteiger partial charge in [0, 0.05) is 12.8 Å². The monoisotopic (exact) mass is 723 g/mol. The average Bonchev–Trinajstić information content (AvgIpc) is 3.08. The first-order valence-electron chi connectivity index (χ1n) is 20.2. The van der Waals surface area contributed by atoms with Crippen LogP contribution in [0, 0.1) is 0 Å². The molecule has 0 bridgehead atoms. The molecule has 0 aliphatic carbocycles. The number of carbonyl (C=O) groups excluding carboxylic acids is 2. The summed E-state index contributed by atoms with van der Waals surface area (Å²) < 4.78 is 22.6. The molecule has 2 atom stereocenters. The van der Waals surface area contributed by atoms with E-state index >= 15 is 0 Å². The smallest absolute Gasteiger partial charge is 0.361 e. The zero-order chi connectivity index (χ0) is 37.8. The van der Waals surface area contributed by atoms with Crippen LogP contribution in [0.15, 0.2) is 36.5 Å². The number of ether oxygens (including phenoxy) is 4. The van der Waals surface area contributed by atoms with E-state index in [1.165, 1.54) is 38.5 Å². The topological polar surface area (TPSA) is 108 Å². The van der Waals surface area contributed by atoms with E-state index in [1.807, 2.05) is 21.1 Å².